The Labute approximate surface area is 205 Å². The smallest absolute Gasteiger partial charge is 0.315 e. The van der Waals surface area contributed by atoms with Crippen molar-refractivity contribution in [3.63, 3.8) is 0 Å². The Kier molecular flexibility index (Phi) is 5.24. The molecule has 6 aliphatic rings. The summed E-state index contributed by atoms with van der Waals surface area (Å²) in [6.45, 7) is 17.6. The summed E-state index contributed by atoms with van der Waals surface area (Å²) in [5.74, 6) is -0.366. The van der Waals surface area contributed by atoms with E-state index in [9.17, 15) is 9.59 Å². The summed E-state index contributed by atoms with van der Waals surface area (Å²) in [6.07, 6.45) is 6.59. The van der Waals surface area contributed by atoms with Gasteiger partial charge in [-0.05, 0) is 69.7 Å². The number of epoxide rings is 1. The van der Waals surface area contributed by atoms with Crippen molar-refractivity contribution in [2.75, 3.05) is 0 Å². The molecule has 2 saturated carbocycles. The molecule has 6 rings (SSSR count). The van der Waals surface area contributed by atoms with E-state index in [-0.39, 0.29) is 47.2 Å². The molecule has 0 aromatic heterocycles. The van der Waals surface area contributed by atoms with E-state index in [4.69, 9.17) is 9.16 Å². The van der Waals surface area contributed by atoms with E-state index in [1.165, 1.54) is 5.57 Å². The van der Waals surface area contributed by atoms with Gasteiger partial charge in [0.25, 0.3) is 0 Å². The quantitative estimate of drug-likeness (QED) is 0.316. The zero-order valence-electron chi connectivity index (χ0n) is 22.1. The predicted molar refractivity (Wildman–Crippen MR) is 134 cm³/mol. The molecule has 0 unspecified atom stereocenters. The monoisotopic (exact) mass is 489 g/mol. The van der Waals surface area contributed by atoms with Crippen molar-refractivity contribution in [3.05, 3.63) is 11.6 Å². The molecule has 0 aromatic carbocycles. The van der Waals surface area contributed by atoms with Gasteiger partial charge >= 0.3 is 6.03 Å². The van der Waals surface area contributed by atoms with Crippen molar-refractivity contribution in [2.24, 2.45) is 11.3 Å². The van der Waals surface area contributed by atoms with Crippen LogP contribution < -0.4 is 16.0 Å². The molecule has 190 valence electrons. The highest BCUT2D eigenvalue weighted by Gasteiger charge is 2.77. The Morgan fingerprint density at radius 1 is 1.29 bits per heavy atom. The van der Waals surface area contributed by atoms with Crippen molar-refractivity contribution in [3.8, 4) is 0 Å². The number of rotatable bonds is 4. The minimum Gasteiger partial charge on any atom is -0.413 e. The molecule has 1 spiro atoms. The fourth-order valence-corrected chi connectivity index (χ4v) is 8.60. The second-order valence-corrected chi connectivity index (χ2v) is 18.2. The molecule has 3 N–H and O–H groups in total. The first-order chi connectivity index (χ1) is 15.7. The minimum absolute atomic E-state index is 0.00322. The van der Waals surface area contributed by atoms with E-state index < -0.39 is 24.8 Å². The lowest BCUT2D eigenvalue weighted by atomic mass is 9.59. The third kappa shape index (κ3) is 3.20. The highest BCUT2D eigenvalue weighted by atomic mass is 28.4. The fourth-order valence-electron chi connectivity index (χ4n) is 7.17. The summed E-state index contributed by atoms with van der Waals surface area (Å²) < 4.78 is 13.5. The topological polar surface area (TPSA) is 92.0 Å². The number of carbonyl (C=O) groups excluding carboxylic acids is 2. The largest absolute Gasteiger partial charge is 0.413 e. The molecule has 2 bridgehead atoms. The zero-order valence-corrected chi connectivity index (χ0v) is 23.1. The van der Waals surface area contributed by atoms with Gasteiger partial charge < -0.3 is 25.1 Å². The number of carbonyl (C=O) groups is 2. The van der Waals surface area contributed by atoms with Crippen LogP contribution in [0.5, 0.6) is 0 Å². The summed E-state index contributed by atoms with van der Waals surface area (Å²) >= 11 is 0. The Morgan fingerprint density at radius 3 is 2.65 bits per heavy atom. The van der Waals surface area contributed by atoms with Gasteiger partial charge in [0.05, 0.1) is 23.1 Å². The molecular weight excluding hydrogens is 446 g/mol. The maximum absolute atomic E-state index is 13.8. The van der Waals surface area contributed by atoms with Crippen molar-refractivity contribution in [1.29, 1.82) is 0 Å². The molecule has 4 fully saturated rings. The SMILES string of the molecule is CC(C)NC(=O)N[C@]12CCC/C1=C/[C@@]1(C)[C@@H](O[Si](C)(C)C(C)(C)C)CC[C@@]13NC(=O)[C@H]2[C@H]1O[C@H]13. The van der Waals surface area contributed by atoms with Gasteiger partial charge in [-0.1, -0.05) is 33.8 Å². The van der Waals surface area contributed by atoms with Crippen LogP contribution in [0.2, 0.25) is 18.1 Å². The first-order valence-electron chi connectivity index (χ1n) is 13.1. The fraction of sp³-hybridized carbons (Fsp3) is 0.846. The second kappa shape index (κ2) is 7.32. The maximum atomic E-state index is 13.8. The third-order valence-corrected chi connectivity index (χ3v) is 14.5. The molecule has 3 aliphatic carbocycles. The average Bonchev–Trinajstić information content (AvgIpc) is 3.32. The summed E-state index contributed by atoms with van der Waals surface area (Å²) in [4.78, 5) is 26.8. The lowest BCUT2D eigenvalue weighted by Gasteiger charge is -2.54. The number of ether oxygens (including phenoxy) is 1. The first kappa shape index (κ1) is 24.3. The van der Waals surface area contributed by atoms with E-state index in [0.717, 1.165) is 32.1 Å². The number of urea groups is 1. The van der Waals surface area contributed by atoms with Gasteiger partial charge in [0.15, 0.2) is 8.32 Å². The number of piperidine rings is 1. The standard InChI is InChI=1S/C26H43N3O4Si/c1-15(2)27-22(31)29-25-12-9-10-16(25)14-24(6)17(33-34(7,8)23(3,4)5)11-13-26(24)20-19(32-20)18(25)21(30)28-26/h14-15,17-20H,9-13H2,1-8H3,(H,28,30)(H2,27,29,31)/b16-14-/t17-,18+,19+,20+,24-,25+,26-/m0/s1. The van der Waals surface area contributed by atoms with Gasteiger partial charge in [0.1, 0.15) is 12.2 Å². The number of hydrogen-bond acceptors (Lipinski definition) is 4. The van der Waals surface area contributed by atoms with E-state index in [0.29, 0.717) is 0 Å². The van der Waals surface area contributed by atoms with Gasteiger partial charge in [-0.3, -0.25) is 4.79 Å². The predicted octanol–water partition coefficient (Wildman–Crippen LogP) is 4.00. The zero-order chi connectivity index (χ0) is 24.9. The molecule has 7 atom stereocenters. The highest BCUT2D eigenvalue weighted by Crippen LogP contribution is 2.64. The molecular formula is C26H43N3O4Si. The number of amides is 3. The molecule has 34 heavy (non-hydrogen) atoms. The van der Waals surface area contributed by atoms with Crippen LogP contribution >= 0.6 is 0 Å². The number of fused-ring (bicyclic) bond motifs is 1. The van der Waals surface area contributed by atoms with Gasteiger partial charge in [-0.15, -0.1) is 0 Å². The molecule has 0 radical (unpaired) electrons. The molecule has 3 aliphatic heterocycles. The Balaban J connectivity index is 1.61. The normalized spacial score (nSPS) is 44.3. The van der Waals surface area contributed by atoms with Crippen LogP contribution in [-0.2, 0) is 14.0 Å². The van der Waals surface area contributed by atoms with E-state index in [1.807, 2.05) is 13.8 Å². The summed E-state index contributed by atoms with van der Waals surface area (Å²) in [5, 5.41) is 9.86. The van der Waals surface area contributed by atoms with Crippen molar-refractivity contribution >= 4 is 20.3 Å². The molecule has 7 nitrogen and oxygen atoms in total. The van der Waals surface area contributed by atoms with Crippen LogP contribution in [0.3, 0.4) is 0 Å². The number of nitrogens with one attached hydrogen (secondary N) is 3. The second-order valence-electron chi connectivity index (χ2n) is 13.4. The average molecular weight is 490 g/mol. The van der Waals surface area contributed by atoms with Gasteiger partial charge in [-0.2, -0.15) is 0 Å². The lowest BCUT2D eigenvalue weighted by molar-refractivity contribution is -0.133. The molecule has 3 heterocycles. The van der Waals surface area contributed by atoms with Gasteiger partial charge in [0.2, 0.25) is 5.91 Å². The molecule has 8 heteroatoms. The number of hydrogen-bond donors (Lipinski definition) is 3. The Bertz CT molecular complexity index is 943. The summed E-state index contributed by atoms with van der Waals surface area (Å²) in [6, 6.07) is -0.192. The molecule has 0 aromatic rings. The van der Waals surface area contributed by atoms with E-state index >= 15 is 0 Å². The first-order valence-corrected chi connectivity index (χ1v) is 16.0. The van der Waals surface area contributed by atoms with Crippen molar-refractivity contribution < 1.29 is 18.8 Å². The van der Waals surface area contributed by atoms with E-state index in [1.54, 1.807) is 0 Å². The van der Waals surface area contributed by atoms with Crippen molar-refractivity contribution in [1.82, 2.24) is 16.0 Å². The van der Waals surface area contributed by atoms with Gasteiger partial charge in [-0.25, -0.2) is 4.79 Å². The maximum Gasteiger partial charge on any atom is 0.315 e. The van der Waals surface area contributed by atoms with Crippen LogP contribution in [0.4, 0.5) is 4.79 Å². The summed E-state index contributed by atoms with van der Waals surface area (Å²) in [5.41, 5.74) is -0.357. The minimum atomic E-state index is -2.04. The molecule has 3 amide bonds. The third-order valence-electron chi connectivity index (χ3n) is 9.99. The Morgan fingerprint density at radius 2 is 2.00 bits per heavy atom. The van der Waals surface area contributed by atoms with Gasteiger partial charge in [0, 0.05) is 11.5 Å². The Hall–Kier alpha value is -1.38. The highest BCUT2D eigenvalue weighted by molar-refractivity contribution is 6.74. The van der Waals surface area contributed by atoms with Crippen LogP contribution in [0.25, 0.3) is 0 Å². The van der Waals surface area contributed by atoms with Crippen LogP contribution in [-0.4, -0.2) is 55.7 Å². The summed E-state index contributed by atoms with van der Waals surface area (Å²) in [7, 11) is -2.04. The molecule has 2 saturated heterocycles. The van der Waals surface area contributed by atoms with Crippen LogP contribution in [0.1, 0.15) is 73.6 Å². The lowest BCUT2D eigenvalue weighted by Crippen LogP contribution is -2.73. The van der Waals surface area contributed by atoms with Crippen LogP contribution in [0.15, 0.2) is 11.6 Å². The van der Waals surface area contributed by atoms with E-state index in [2.05, 4.69) is 62.8 Å². The van der Waals surface area contributed by atoms with Crippen LogP contribution in [0, 0.1) is 11.3 Å². The van der Waals surface area contributed by atoms with Crippen molar-refractivity contribution in [2.45, 2.75) is 127 Å².